The predicted octanol–water partition coefficient (Wildman–Crippen LogP) is 3.19. The van der Waals surface area contributed by atoms with E-state index >= 15 is 0 Å². The highest BCUT2D eigenvalue weighted by atomic mass is 32.2. The van der Waals surface area contributed by atoms with Gasteiger partial charge in [0.2, 0.25) is 0 Å². The third kappa shape index (κ3) is 5.08. The fraction of sp³-hybridized carbons (Fsp3) is 1.00. The smallest absolute Gasteiger partial charge is 0.0535 e. The fourth-order valence-corrected chi connectivity index (χ4v) is 7.00. The Hall–Kier alpha value is 0.527. The molecule has 0 aromatic rings. The first-order chi connectivity index (χ1) is 6.24. The van der Waals surface area contributed by atoms with Crippen molar-refractivity contribution in [2.45, 2.75) is 44.9 Å². The van der Waals surface area contributed by atoms with Crippen LogP contribution in [0.2, 0.25) is 24.2 Å². The minimum absolute atomic E-state index is 0.829. The topological polar surface area (TPSA) is 26.0 Å². The van der Waals surface area contributed by atoms with Crippen LogP contribution in [0.4, 0.5) is 0 Å². The van der Waals surface area contributed by atoms with Crippen LogP contribution in [0.5, 0.6) is 0 Å². The summed E-state index contributed by atoms with van der Waals surface area (Å²) in [6.45, 7) is 7.98. The highest BCUT2D eigenvalue weighted by Gasteiger charge is 2.25. The fourth-order valence-electron chi connectivity index (χ4n) is 1.75. The van der Waals surface area contributed by atoms with Crippen LogP contribution in [0.25, 0.3) is 0 Å². The molecular weight excluding hydrogens is 194 g/mol. The normalized spacial score (nSPS) is 12.0. The number of rotatable bonds is 8. The van der Waals surface area contributed by atoms with Crippen molar-refractivity contribution in [1.29, 1.82) is 0 Å². The lowest BCUT2D eigenvalue weighted by molar-refractivity contribution is 1.11. The van der Waals surface area contributed by atoms with E-state index in [2.05, 4.69) is 20.8 Å². The van der Waals surface area contributed by atoms with Crippen LogP contribution < -0.4 is 5.73 Å². The molecule has 0 fully saturated rings. The average molecular weight is 219 g/mol. The highest BCUT2D eigenvalue weighted by Crippen LogP contribution is 2.26. The Kier molecular flexibility index (Phi) is 8.21. The zero-order chi connectivity index (χ0) is 10.2. The molecule has 80 valence electrons. The van der Waals surface area contributed by atoms with Crippen LogP contribution in [0.15, 0.2) is 0 Å². The van der Waals surface area contributed by atoms with Gasteiger partial charge in [0, 0.05) is 12.3 Å². The quantitative estimate of drug-likeness (QED) is 0.501. The summed E-state index contributed by atoms with van der Waals surface area (Å²) in [5.41, 5.74) is 5.47. The van der Waals surface area contributed by atoms with Gasteiger partial charge in [0.1, 0.15) is 0 Å². The lowest BCUT2D eigenvalue weighted by atomic mass is 10.8. The zero-order valence-corrected chi connectivity index (χ0v) is 11.3. The maximum atomic E-state index is 5.47. The Morgan fingerprint density at radius 1 is 1.00 bits per heavy atom. The molecule has 3 heteroatoms. The summed E-state index contributed by atoms with van der Waals surface area (Å²) in [4.78, 5) is 0. The molecule has 0 heterocycles. The van der Waals surface area contributed by atoms with Gasteiger partial charge in [-0.15, -0.1) is 0 Å². The highest BCUT2D eigenvalue weighted by molar-refractivity contribution is 7.99. The lowest BCUT2D eigenvalue weighted by Crippen LogP contribution is -2.31. The number of nitrogens with two attached hydrogens (primary N) is 1. The molecule has 0 aromatic heterocycles. The van der Waals surface area contributed by atoms with Gasteiger partial charge in [-0.05, 0) is 11.8 Å². The molecule has 0 spiro atoms. The summed E-state index contributed by atoms with van der Waals surface area (Å²) in [7, 11) is -0.829. The Labute approximate surface area is 88.9 Å². The third-order valence-corrected chi connectivity index (χ3v) is 10.5. The van der Waals surface area contributed by atoms with E-state index < -0.39 is 8.07 Å². The molecule has 0 atom stereocenters. The van der Waals surface area contributed by atoms with Crippen LogP contribution in [0.3, 0.4) is 0 Å². The molecule has 0 radical (unpaired) electrons. The Balaban J connectivity index is 3.68. The molecule has 0 unspecified atom stereocenters. The second-order valence-electron chi connectivity index (χ2n) is 3.71. The van der Waals surface area contributed by atoms with E-state index in [1.54, 1.807) is 0 Å². The summed E-state index contributed by atoms with van der Waals surface area (Å²) >= 11 is 2.04. The molecule has 13 heavy (non-hydrogen) atoms. The van der Waals surface area contributed by atoms with Gasteiger partial charge < -0.3 is 5.73 Å². The van der Waals surface area contributed by atoms with Gasteiger partial charge in [-0.3, -0.25) is 0 Å². The van der Waals surface area contributed by atoms with E-state index in [4.69, 9.17) is 5.73 Å². The molecule has 1 nitrogen and oxygen atoms in total. The van der Waals surface area contributed by atoms with E-state index in [9.17, 15) is 0 Å². The summed E-state index contributed by atoms with van der Waals surface area (Å²) in [6, 6.07) is 5.89. The van der Waals surface area contributed by atoms with E-state index in [0.29, 0.717) is 0 Å². The Morgan fingerprint density at radius 3 is 1.92 bits per heavy atom. The van der Waals surface area contributed by atoms with Crippen LogP contribution >= 0.6 is 11.8 Å². The molecule has 0 aliphatic rings. The minimum atomic E-state index is -0.829. The number of hydrogen-bond donors (Lipinski definition) is 1. The molecule has 0 rings (SSSR count). The molecule has 0 amide bonds. The van der Waals surface area contributed by atoms with E-state index in [1.807, 2.05) is 11.8 Å². The number of thioether (sulfide) groups is 1. The predicted molar refractivity (Wildman–Crippen MR) is 68.4 cm³/mol. The van der Waals surface area contributed by atoms with Gasteiger partial charge in [0.05, 0.1) is 8.07 Å². The van der Waals surface area contributed by atoms with Crippen LogP contribution in [0, 0.1) is 0 Å². The molecule has 0 aliphatic carbocycles. The Morgan fingerprint density at radius 2 is 1.54 bits per heavy atom. The van der Waals surface area contributed by atoms with Crippen molar-refractivity contribution in [3.8, 4) is 0 Å². The van der Waals surface area contributed by atoms with Crippen molar-refractivity contribution >= 4 is 19.8 Å². The van der Waals surface area contributed by atoms with Gasteiger partial charge in [-0.25, -0.2) is 0 Å². The second-order valence-corrected chi connectivity index (χ2v) is 10.6. The summed E-state index contributed by atoms with van der Waals surface area (Å²) in [5.74, 6) is 2.49. The molecule has 0 saturated heterocycles. The van der Waals surface area contributed by atoms with E-state index in [-0.39, 0.29) is 0 Å². The SMILES string of the molecule is CC[Si](CC)(CC)CCSCCN. The zero-order valence-electron chi connectivity index (χ0n) is 9.44. The van der Waals surface area contributed by atoms with Crippen molar-refractivity contribution in [2.24, 2.45) is 5.73 Å². The summed E-state index contributed by atoms with van der Waals surface area (Å²) in [5, 5.41) is 0. The molecule has 0 bridgehead atoms. The van der Waals surface area contributed by atoms with Gasteiger partial charge in [-0.1, -0.05) is 38.9 Å². The van der Waals surface area contributed by atoms with E-state index in [1.165, 1.54) is 29.9 Å². The van der Waals surface area contributed by atoms with Crippen molar-refractivity contribution in [3.05, 3.63) is 0 Å². The van der Waals surface area contributed by atoms with Crippen molar-refractivity contribution < 1.29 is 0 Å². The molecule has 0 aliphatic heterocycles. The van der Waals surface area contributed by atoms with Gasteiger partial charge >= 0.3 is 0 Å². The summed E-state index contributed by atoms with van der Waals surface area (Å²) < 4.78 is 0. The second kappa shape index (κ2) is 7.89. The lowest BCUT2D eigenvalue weighted by Gasteiger charge is -2.27. The van der Waals surface area contributed by atoms with Gasteiger partial charge in [-0.2, -0.15) is 11.8 Å². The van der Waals surface area contributed by atoms with Crippen LogP contribution in [0.1, 0.15) is 20.8 Å². The summed E-state index contributed by atoms with van der Waals surface area (Å²) in [6.07, 6.45) is 0. The molecule has 0 aromatic carbocycles. The standard InChI is InChI=1S/C10H25NSSi/c1-4-13(5-2,6-3)10-9-12-8-7-11/h4-11H2,1-3H3. The van der Waals surface area contributed by atoms with Crippen LogP contribution in [-0.4, -0.2) is 26.1 Å². The van der Waals surface area contributed by atoms with Crippen molar-refractivity contribution in [3.63, 3.8) is 0 Å². The molecule has 2 N–H and O–H groups in total. The largest absolute Gasteiger partial charge is 0.330 e. The minimum Gasteiger partial charge on any atom is -0.330 e. The third-order valence-electron chi connectivity index (χ3n) is 3.29. The Bertz CT molecular complexity index is 107. The maximum absolute atomic E-state index is 5.47. The average Bonchev–Trinajstić information content (AvgIpc) is 2.20. The van der Waals surface area contributed by atoms with Crippen LogP contribution in [-0.2, 0) is 0 Å². The first-order valence-corrected chi connectivity index (χ1v) is 9.50. The van der Waals surface area contributed by atoms with Gasteiger partial charge in [0.25, 0.3) is 0 Å². The molecule has 0 saturated carbocycles. The monoisotopic (exact) mass is 219 g/mol. The van der Waals surface area contributed by atoms with Crippen molar-refractivity contribution in [1.82, 2.24) is 0 Å². The first-order valence-electron chi connectivity index (χ1n) is 5.52. The number of hydrogen-bond acceptors (Lipinski definition) is 2. The maximum Gasteiger partial charge on any atom is 0.0535 e. The van der Waals surface area contributed by atoms with E-state index in [0.717, 1.165) is 12.3 Å². The van der Waals surface area contributed by atoms with Gasteiger partial charge in [0.15, 0.2) is 0 Å². The van der Waals surface area contributed by atoms with Crippen molar-refractivity contribution in [2.75, 3.05) is 18.1 Å². The first kappa shape index (κ1) is 13.5. The molecular formula is C10H25NSSi.